The van der Waals surface area contributed by atoms with E-state index >= 15 is 0 Å². The van der Waals surface area contributed by atoms with E-state index in [1.54, 1.807) is 24.5 Å². The fourth-order valence-corrected chi connectivity index (χ4v) is 6.76. The van der Waals surface area contributed by atoms with Crippen LogP contribution < -0.4 is 5.73 Å². The molecule has 0 atom stereocenters. The predicted molar refractivity (Wildman–Crippen MR) is 129 cm³/mol. The largest absolute Gasteiger partial charge is 0.490 e. The average Bonchev–Trinajstić information content (AvgIpc) is 3.25. The summed E-state index contributed by atoms with van der Waals surface area (Å²) < 4.78 is 58.9. The van der Waals surface area contributed by atoms with Gasteiger partial charge in [-0.2, -0.15) is 13.2 Å². The molecule has 0 radical (unpaired) electrons. The first-order valence-corrected chi connectivity index (χ1v) is 13.1. The molecular weight excluding hydrogens is 525 g/mol. The van der Waals surface area contributed by atoms with Gasteiger partial charge in [-0.1, -0.05) is 24.3 Å². The molecule has 0 amide bonds. The summed E-state index contributed by atoms with van der Waals surface area (Å²) in [6.45, 7) is 1.87. The number of aryl methyl sites for hydroxylation is 1. The van der Waals surface area contributed by atoms with Crippen LogP contribution in [0.5, 0.6) is 0 Å². The van der Waals surface area contributed by atoms with Crippen LogP contribution in [0.4, 0.5) is 13.2 Å². The van der Waals surface area contributed by atoms with Crippen molar-refractivity contribution in [3.63, 3.8) is 0 Å². The number of benzene rings is 2. The van der Waals surface area contributed by atoms with Crippen LogP contribution in [0.1, 0.15) is 16.0 Å². The highest BCUT2D eigenvalue weighted by Crippen LogP contribution is 2.37. The molecule has 0 saturated heterocycles. The molecular formula is C22H21F3N2O5S3. The molecule has 0 aliphatic carbocycles. The summed E-state index contributed by atoms with van der Waals surface area (Å²) in [4.78, 5) is 9.69. The number of alkyl halides is 3. The Kier molecular flexibility index (Phi) is 9.11. The van der Waals surface area contributed by atoms with Crippen LogP contribution in [0.3, 0.4) is 0 Å². The molecule has 35 heavy (non-hydrogen) atoms. The van der Waals surface area contributed by atoms with Crippen LogP contribution in [0.25, 0.3) is 11.1 Å². The molecule has 7 nitrogen and oxygen atoms in total. The molecule has 0 unspecified atom stereocenters. The molecule has 1 heterocycles. The summed E-state index contributed by atoms with van der Waals surface area (Å²) >= 11 is 2.53. The number of nitrogen functional groups attached to an aromatic ring is 1. The molecule has 0 aliphatic rings. The zero-order valence-electron chi connectivity index (χ0n) is 18.4. The van der Waals surface area contributed by atoms with Gasteiger partial charge < -0.3 is 15.9 Å². The van der Waals surface area contributed by atoms with E-state index in [4.69, 9.17) is 21.0 Å². The van der Waals surface area contributed by atoms with E-state index in [0.29, 0.717) is 9.09 Å². The van der Waals surface area contributed by atoms with Gasteiger partial charge in [-0.3, -0.25) is 5.41 Å². The molecule has 5 N–H and O–H groups in total. The number of thioether (sulfide) groups is 1. The van der Waals surface area contributed by atoms with Gasteiger partial charge in [-0.15, -0.1) is 23.1 Å². The molecule has 3 aromatic rings. The van der Waals surface area contributed by atoms with Crippen molar-refractivity contribution in [3.8, 4) is 11.1 Å². The van der Waals surface area contributed by atoms with Crippen molar-refractivity contribution >= 4 is 44.7 Å². The number of hydrogen-bond acceptors (Lipinski definition) is 7. The Hall–Kier alpha value is -2.87. The number of sulfone groups is 1. The third-order valence-electron chi connectivity index (χ3n) is 4.59. The molecule has 0 bridgehead atoms. The van der Waals surface area contributed by atoms with E-state index in [1.165, 1.54) is 29.2 Å². The van der Waals surface area contributed by atoms with Gasteiger partial charge in [-0.25, -0.2) is 13.2 Å². The number of nitrogens with one attached hydrogen (secondary N) is 1. The minimum Gasteiger partial charge on any atom is -0.475 e. The molecule has 3 rings (SSSR count). The van der Waals surface area contributed by atoms with Gasteiger partial charge in [-0.05, 0) is 59.7 Å². The summed E-state index contributed by atoms with van der Waals surface area (Å²) in [7, 11) is -3.77. The Balaban J connectivity index is 0.000000540. The fraction of sp³-hybridized carbons (Fsp3) is 0.182. The zero-order valence-corrected chi connectivity index (χ0v) is 20.8. The van der Waals surface area contributed by atoms with Gasteiger partial charge in [0.25, 0.3) is 0 Å². The van der Waals surface area contributed by atoms with Crippen LogP contribution in [-0.4, -0.2) is 42.9 Å². The maximum Gasteiger partial charge on any atom is 0.490 e. The third-order valence-corrected chi connectivity index (χ3v) is 8.93. The van der Waals surface area contributed by atoms with Gasteiger partial charge in [0.2, 0.25) is 9.84 Å². The van der Waals surface area contributed by atoms with Crippen LogP contribution in [0, 0.1) is 12.3 Å². The van der Waals surface area contributed by atoms with Crippen molar-refractivity contribution in [1.29, 1.82) is 5.41 Å². The molecule has 188 valence electrons. The van der Waals surface area contributed by atoms with Crippen molar-refractivity contribution in [2.24, 2.45) is 5.73 Å². The number of aliphatic hydroxyl groups excluding tert-OH is 1. The van der Waals surface area contributed by atoms with E-state index in [2.05, 4.69) is 0 Å². The standard InChI is InChI=1S/C20H20N2O3S3.C2HF3O2/c1-12-6-7-13(11-23)8-16(12)14-4-3-5-15(9-14)28(24,25)18-10-17(19(21)22)27-20(18)26-2;3-2(4,5)1(6)7/h3-10,23H,11H2,1-2H3,(H3,21,22);(H,6,7). The molecule has 0 aliphatic heterocycles. The molecule has 0 saturated carbocycles. The lowest BCUT2D eigenvalue weighted by Gasteiger charge is -2.11. The number of rotatable bonds is 6. The SMILES string of the molecule is CSc1sc(C(=N)N)cc1S(=O)(=O)c1cccc(-c2cc(CO)ccc2C)c1.O=C(O)C(F)(F)F. The number of nitrogens with two attached hydrogens (primary N) is 1. The Bertz CT molecular complexity index is 1350. The van der Waals surface area contributed by atoms with Gasteiger partial charge in [0, 0.05) is 0 Å². The second-order valence-corrected chi connectivity index (χ2v) is 11.1. The minimum absolute atomic E-state index is 0.0783. The Morgan fingerprint density at radius 3 is 2.31 bits per heavy atom. The number of carbonyl (C=O) groups is 1. The molecule has 2 aromatic carbocycles. The highest BCUT2D eigenvalue weighted by molar-refractivity contribution is 8.01. The lowest BCUT2D eigenvalue weighted by molar-refractivity contribution is -0.192. The number of hydrogen-bond donors (Lipinski definition) is 4. The minimum atomic E-state index is -5.08. The van der Waals surface area contributed by atoms with Gasteiger partial charge in [0.1, 0.15) is 5.84 Å². The van der Waals surface area contributed by atoms with Crippen molar-refractivity contribution in [3.05, 3.63) is 64.5 Å². The van der Waals surface area contributed by atoms with E-state index in [0.717, 1.165) is 22.3 Å². The summed E-state index contributed by atoms with van der Waals surface area (Å²) in [6.07, 6.45) is -3.28. The van der Waals surface area contributed by atoms with Gasteiger partial charge in [0.05, 0.1) is 25.5 Å². The van der Waals surface area contributed by atoms with Crippen LogP contribution in [0.2, 0.25) is 0 Å². The number of halogens is 3. The van der Waals surface area contributed by atoms with Gasteiger partial charge >= 0.3 is 12.1 Å². The van der Waals surface area contributed by atoms with Gasteiger partial charge in [0.15, 0.2) is 0 Å². The first kappa shape index (κ1) is 28.4. The molecule has 0 fully saturated rings. The number of amidine groups is 1. The quantitative estimate of drug-likeness (QED) is 0.200. The summed E-state index contributed by atoms with van der Waals surface area (Å²) in [5.41, 5.74) is 8.95. The maximum absolute atomic E-state index is 13.3. The highest BCUT2D eigenvalue weighted by atomic mass is 32.2. The lowest BCUT2D eigenvalue weighted by atomic mass is 9.98. The normalized spacial score (nSPS) is 11.5. The second kappa shape index (κ2) is 11.2. The molecule has 1 aromatic heterocycles. The highest BCUT2D eigenvalue weighted by Gasteiger charge is 2.38. The fourth-order valence-electron chi connectivity index (χ4n) is 2.86. The van der Waals surface area contributed by atoms with E-state index in [-0.39, 0.29) is 22.2 Å². The second-order valence-electron chi connectivity index (χ2n) is 7.02. The lowest BCUT2D eigenvalue weighted by Crippen LogP contribution is -2.21. The summed E-state index contributed by atoms with van der Waals surface area (Å²) in [5.74, 6) is -2.90. The van der Waals surface area contributed by atoms with Crippen LogP contribution in [-0.2, 0) is 21.2 Å². The third kappa shape index (κ3) is 6.84. The maximum atomic E-state index is 13.3. The zero-order chi connectivity index (χ0) is 26.6. The number of carboxylic acid groups (broad SMARTS) is 1. The number of aliphatic carboxylic acids is 1. The first-order valence-electron chi connectivity index (χ1n) is 9.60. The summed E-state index contributed by atoms with van der Waals surface area (Å²) in [5, 5.41) is 24.1. The Labute approximate surface area is 207 Å². The van der Waals surface area contributed by atoms with Crippen molar-refractivity contribution in [1.82, 2.24) is 0 Å². The van der Waals surface area contributed by atoms with E-state index in [9.17, 15) is 26.7 Å². The summed E-state index contributed by atoms with van der Waals surface area (Å²) in [6, 6.07) is 13.9. The number of thiophene rings is 1. The van der Waals surface area contributed by atoms with E-state index in [1.807, 2.05) is 31.2 Å². The van der Waals surface area contributed by atoms with E-state index < -0.39 is 22.0 Å². The topological polar surface area (TPSA) is 142 Å². The Morgan fingerprint density at radius 2 is 1.80 bits per heavy atom. The smallest absolute Gasteiger partial charge is 0.475 e. The van der Waals surface area contributed by atoms with Crippen LogP contribution in [0.15, 0.2) is 62.5 Å². The molecule has 13 heteroatoms. The average molecular weight is 547 g/mol. The predicted octanol–water partition coefficient (Wildman–Crippen LogP) is 4.69. The van der Waals surface area contributed by atoms with Crippen molar-refractivity contribution < 1.29 is 36.6 Å². The Morgan fingerprint density at radius 1 is 1.17 bits per heavy atom. The molecule has 0 spiro atoms. The number of carboxylic acids is 1. The van der Waals surface area contributed by atoms with Crippen molar-refractivity contribution in [2.75, 3.05) is 6.26 Å². The monoisotopic (exact) mass is 546 g/mol. The van der Waals surface area contributed by atoms with Crippen LogP contribution >= 0.6 is 23.1 Å². The first-order chi connectivity index (χ1) is 16.2. The number of aliphatic hydroxyl groups is 1. The van der Waals surface area contributed by atoms with Crippen molar-refractivity contribution in [2.45, 2.75) is 33.7 Å².